The number of aliphatic carboxylic acids is 1. The maximum absolute atomic E-state index is 12.3. The lowest BCUT2D eigenvalue weighted by molar-refractivity contribution is -0.137. The van der Waals surface area contributed by atoms with Gasteiger partial charge in [0.25, 0.3) is 0 Å². The van der Waals surface area contributed by atoms with Gasteiger partial charge in [0.15, 0.2) is 0 Å². The summed E-state index contributed by atoms with van der Waals surface area (Å²) in [5.74, 6) is -0.655. The number of hydrogen-bond acceptors (Lipinski definition) is 3. The molecule has 5 nitrogen and oxygen atoms in total. The van der Waals surface area contributed by atoms with Crippen LogP contribution in [-0.2, 0) is 16.0 Å². The predicted molar refractivity (Wildman–Crippen MR) is 105 cm³/mol. The monoisotopic (exact) mass is 371 g/mol. The molecule has 0 saturated carbocycles. The molecule has 1 heterocycles. The molecule has 1 amide bonds. The Morgan fingerprint density at radius 2 is 2.04 bits per heavy atom. The van der Waals surface area contributed by atoms with Gasteiger partial charge in [-0.25, -0.2) is 0 Å². The van der Waals surface area contributed by atoms with Crippen molar-refractivity contribution in [3.63, 3.8) is 0 Å². The number of carbonyl (C=O) groups is 2. The minimum absolute atomic E-state index is 0.000318. The molecule has 146 valence electrons. The van der Waals surface area contributed by atoms with Gasteiger partial charge in [0, 0.05) is 25.8 Å². The number of nitrogens with zero attached hydrogens (tertiary/aromatic N) is 1. The quantitative estimate of drug-likeness (QED) is 0.488. The van der Waals surface area contributed by atoms with Crippen LogP contribution in [0.5, 0.6) is 0 Å². The molecule has 0 bridgehead atoms. The van der Waals surface area contributed by atoms with E-state index < -0.39 is 12.1 Å². The number of aliphatic hydroxyl groups excluding tert-OH is 1. The number of rotatable bonds is 10. The van der Waals surface area contributed by atoms with Crippen LogP contribution in [-0.4, -0.2) is 45.7 Å². The van der Waals surface area contributed by atoms with Crippen LogP contribution >= 0.6 is 0 Å². The third-order valence-electron chi connectivity index (χ3n) is 4.68. The molecule has 0 radical (unpaired) electrons. The molecule has 2 atom stereocenters. The summed E-state index contributed by atoms with van der Waals surface area (Å²) < 4.78 is 0. The van der Waals surface area contributed by atoms with Crippen LogP contribution in [0, 0.1) is 0 Å². The van der Waals surface area contributed by atoms with Gasteiger partial charge in [-0.15, -0.1) is 0 Å². The van der Waals surface area contributed by atoms with E-state index in [0.717, 1.165) is 18.4 Å². The smallest absolute Gasteiger partial charge is 0.303 e. The van der Waals surface area contributed by atoms with E-state index in [0.29, 0.717) is 32.2 Å². The summed E-state index contributed by atoms with van der Waals surface area (Å²) in [4.78, 5) is 24.6. The number of amides is 1. The Bertz CT molecular complexity index is 654. The molecule has 0 aromatic heterocycles. The number of hydrogen-bond donors (Lipinski definition) is 2. The second-order valence-electron chi connectivity index (χ2n) is 6.91. The minimum Gasteiger partial charge on any atom is -0.481 e. The normalized spacial score (nSPS) is 19.1. The molecule has 27 heavy (non-hydrogen) atoms. The van der Waals surface area contributed by atoms with Crippen molar-refractivity contribution in [2.24, 2.45) is 0 Å². The first-order chi connectivity index (χ1) is 13.1. The summed E-state index contributed by atoms with van der Waals surface area (Å²) in [5, 5.41) is 18.9. The third kappa shape index (κ3) is 7.79. The highest BCUT2D eigenvalue weighted by Crippen LogP contribution is 2.20. The fourth-order valence-electron chi connectivity index (χ4n) is 3.24. The first-order valence-electron chi connectivity index (χ1n) is 9.63. The van der Waals surface area contributed by atoms with Crippen LogP contribution in [0.15, 0.2) is 54.6 Å². The molecule has 1 fully saturated rings. The molecule has 1 aliphatic heterocycles. The summed E-state index contributed by atoms with van der Waals surface area (Å²) >= 11 is 0. The summed E-state index contributed by atoms with van der Waals surface area (Å²) in [6.45, 7) is 0.524. The summed E-state index contributed by atoms with van der Waals surface area (Å²) in [6, 6.07) is 9.84. The third-order valence-corrected chi connectivity index (χ3v) is 4.68. The van der Waals surface area contributed by atoms with E-state index in [1.54, 1.807) is 6.08 Å². The van der Waals surface area contributed by atoms with E-state index in [4.69, 9.17) is 5.11 Å². The van der Waals surface area contributed by atoms with Crippen LogP contribution in [0.1, 0.15) is 44.1 Å². The van der Waals surface area contributed by atoms with Crippen molar-refractivity contribution < 1.29 is 19.8 Å². The highest BCUT2D eigenvalue weighted by molar-refractivity contribution is 5.77. The highest BCUT2D eigenvalue weighted by atomic mass is 16.4. The second kappa shape index (κ2) is 11.3. The first kappa shape index (κ1) is 20.9. The molecule has 2 rings (SSSR count). The molecular formula is C22H29NO4. The van der Waals surface area contributed by atoms with Gasteiger partial charge in [0.2, 0.25) is 5.91 Å². The van der Waals surface area contributed by atoms with Gasteiger partial charge in [-0.3, -0.25) is 9.59 Å². The van der Waals surface area contributed by atoms with E-state index in [1.807, 2.05) is 53.5 Å². The van der Waals surface area contributed by atoms with Crippen LogP contribution in [0.4, 0.5) is 0 Å². The van der Waals surface area contributed by atoms with Gasteiger partial charge in [-0.05, 0) is 31.2 Å². The van der Waals surface area contributed by atoms with Gasteiger partial charge in [-0.2, -0.15) is 0 Å². The summed E-state index contributed by atoms with van der Waals surface area (Å²) in [7, 11) is 0. The Morgan fingerprint density at radius 3 is 2.78 bits per heavy atom. The molecule has 1 aromatic rings. The highest BCUT2D eigenvalue weighted by Gasteiger charge is 2.25. The Hall–Kier alpha value is -2.40. The lowest BCUT2D eigenvalue weighted by Crippen LogP contribution is -2.42. The second-order valence-corrected chi connectivity index (χ2v) is 6.91. The van der Waals surface area contributed by atoms with Gasteiger partial charge in [0.1, 0.15) is 0 Å². The van der Waals surface area contributed by atoms with Gasteiger partial charge in [-0.1, -0.05) is 54.6 Å². The van der Waals surface area contributed by atoms with Crippen LogP contribution in [0.25, 0.3) is 0 Å². The SMILES string of the molecule is O=C(O)CCCC=CCN1C(=O)CCC[C@@H]1C=CC(O)Cc1ccccc1. The van der Waals surface area contributed by atoms with E-state index in [1.165, 1.54) is 0 Å². The number of allylic oxidation sites excluding steroid dienone is 1. The number of likely N-dealkylation sites (tertiary alicyclic amines) is 1. The molecule has 0 aliphatic carbocycles. The molecule has 1 unspecified atom stereocenters. The Balaban J connectivity index is 1.85. The number of carboxylic acid groups (broad SMARTS) is 1. The average Bonchev–Trinajstić information content (AvgIpc) is 2.65. The van der Waals surface area contributed by atoms with Crippen molar-refractivity contribution in [2.45, 2.75) is 57.1 Å². The van der Waals surface area contributed by atoms with Crippen molar-refractivity contribution in [2.75, 3.05) is 6.54 Å². The molecule has 5 heteroatoms. The predicted octanol–water partition coefficient (Wildman–Crippen LogP) is 3.34. The first-order valence-corrected chi connectivity index (χ1v) is 9.63. The van der Waals surface area contributed by atoms with E-state index >= 15 is 0 Å². The fourth-order valence-corrected chi connectivity index (χ4v) is 3.24. The molecule has 1 aromatic carbocycles. The standard InChI is InChI=1S/C22H29NO4/c24-20(17-18-9-4-3-5-10-18)15-14-19-11-8-12-21(25)23(19)16-7-2-1-6-13-22(26)27/h2-5,7,9-10,14-15,19-20,24H,1,6,8,11-13,16-17H2,(H,26,27)/t19-,20?/m1/s1. The van der Waals surface area contributed by atoms with Crippen molar-refractivity contribution >= 4 is 11.9 Å². The van der Waals surface area contributed by atoms with Crippen LogP contribution in [0.2, 0.25) is 0 Å². The molecular weight excluding hydrogens is 342 g/mol. The maximum atomic E-state index is 12.3. The number of benzene rings is 1. The number of carbonyl (C=O) groups excluding carboxylic acids is 1. The molecule has 0 spiro atoms. The number of unbranched alkanes of at least 4 members (excludes halogenated alkanes) is 1. The Labute approximate surface area is 161 Å². The molecule has 1 aliphatic rings. The molecule has 1 saturated heterocycles. The number of piperidine rings is 1. The molecule has 2 N–H and O–H groups in total. The zero-order chi connectivity index (χ0) is 19.5. The van der Waals surface area contributed by atoms with Crippen LogP contribution in [0.3, 0.4) is 0 Å². The Kier molecular flexibility index (Phi) is 8.78. The van der Waals surface area contributed by atoms with E-state index in [2.05, 4.69) is 0 Å². The van der Waals surface area contributed by atoms with Gasteiger partial charge >= 0.3 is 5.97 Å². The Morgan fingerprint density at radius 1 is 1.26 bits per heavy atom. The number of carboxylic acids is 1. The van der Waals surface area contributed by atoms with Gasteiger partial charge < -0.3 is 15.1 Å². The van der Waals surface area contributed by atoms with Crippen molar-refractivity contribution in [1.29, 1.82) is 0 Å². The summed E-state index contributed by atoms with van der Waals surface area (Å²) in [6.07, 6.45) is 11.4. The topological polar surface area (TPSA) is 77.8 Å². The fraction of sp³-hybridized carbons (Fsp3) is 0.455. The van der Waals surface area contributed by atoms with Crippen LogP contribution < -0.4 is 0 Å². The van der Waals surface area contributed by atoms with Crippen molar-refractivity contribution in [3.05, 3.63) is 60.2 Å². The zero-order valence-electron chi connectivity index (χ0n) is 15.7. The van der Waals surface area contributed by atoms with Gasteiger partial charge in [0.05, 0.1) is 12.1 Å². The van der Waals surface area contributed by atoms with E-state index in [9.17, 15) is 14.7 Å². The summed E-state index contributed by atoms with van der Waals surface area (Å²) in [5.41, 5.74) is 1.08. The largest absolute Gasteiger partial charge is 0.481 e. The number of aliphatic hydroxyl groups is 1. The van der Waals surface area contributed by atoms with E-state index in [-0.39, 0.29) is 18.4 Å². The zero-order valence-corrected chi connectivity index (χ0v) is 15.7. The lowest BCUT2D eigenvalue weighted by Gasteiger charge is -2.33. The maximum Gasteiger partial charge on any atom is 0.303 e. The minimum atomic E-state index is -0.783. The van der Waals surface area contributed by atoms with Crippen molar-refractivity contribution in [1.82, 2.24) is 4.90 Å². The average molecular weight is 371 g/mol. The lowest BCUT2D eigenvalue weighted by atomic mass is 9.99. The van der Waals surface area contributed by atoms with Crippen molar-refractivity contribution in [3.8, 4) is 0 Å².